The number of fused-ring (bicyclic) bond motifs is 1. The van der Waals surface area contributed by atoms with Crippen molar-refractivity contribution in [2.45, 2.75) is 18.9 Å². The number of nitrogen functional groups attached to an aromatic ring is 1. The van der Waals surface area contributed by atoms with E-state index in [0.29, 0.717) is 35.4 Å². The fourth-order valence-electron chi connectivity index (χ4n) is 2.59. The summed E-state index contributed by atoms with van der Waals surface area (Å²) in [6.45, 7) is 7.49. The van der Waals surface area contributed by atoms with Gasteiger partial charge in [0.25, 0.3) is 0 Å². The van der Waals surface area contributed by atoms with E-state index >= 15 is 0 Å². The van der Waals surface area contributed by atoms with E-state index in [-0.39, 0.29) is 17.9 Å². The highest BCUT2D eigenvalue weighted by atomic mass is 19.1. The number of rotatable bonds is 7. The minimum atomic E-state index is -0.300. The maximum absolute atomic E-state index is 13.2. The Kier molecular flexibility index (Phi) is 5.22. The number of anilines is 1. The summed E-state index contributed by atoms with van der Waals surface area (Å²) in [7, 11) is 0. The van der Waals surface area contributed by atoms with Crippen LogP contribution >= 0.6 is 0 Å². The van der Waals surface area contributed by atoms with Crippen molar-refractivity contribution in [3.63, 3.8) is 0 Å². The van der Waals surface area contributed by atoms with Crippen LogP contribution in [-0.4, -0.2) is 21.1 Å². The van der Waals surface area contributed by atoms with E-state index in [2.05, 4.69) is 28.1 Å². The van der Waals surface area contributed by atoms with E-state index in [1.165, 1.54) is 12.1 Å². The molecule has 2 heterocycles. The Hall–Kier alpha value is -3.28. The minimum Gasteiger partial charge on any atom is -0.472 e. The van der Waals surface area contributed by atoms with Crippen molar-refractivity contribution in [2.75, 3.05) is 5.73 Å². The van der Waals surface area contributed by atoms with E-state index in [4.69, 9.17) is 10.5 Å². The van der Waals surface area contributed by atoms with Crippen LogP contribution in [-0.2, 0) is 0 Å². The van der Waals surface area contributed by atoms with Gasteiger partial charge in [-0.3, -0.25) is 0 Å². The van der Waals surface area contributed by atoms with Gasteiger partial charge in [0.05, 0.1) is 11.2 Å². The van der Waals surface area contributed by atoms with Crippen molar-refractivity contribution in [1.82, 2.24) is 15.0 Å². The Morgan fingerprint density at radius 2 is 1.69 bits per heavy atom. The zero-order valence-corrected chi connectivity index (χ0v) is 14.2. The molecule has 132 valence electrons. The van der Waals surface area contributed by atoms with Gasteiger partial charge in [0.2, 0.25) is 11.8 Å². The predicted molar refractivity (Wildman–Crippen MR) is 101 cm³/mol. The average molecular weight is 350 g/mol. The maximum Gasteiger partial charge on any atom is 0.245 e. The number of hydrogen-bond acceptors (Lipinski definition) is 5. The first-order chi connectivity index (χ1) is 12.6. The number of hydrogen-bond donors (Lipinski definition) is 1. The highest BCUT2D eigenvalue weighted by Crippen LogP contribution is 2.27. The third kappa shape index (κ3) is 3.85. The Morgan fingerprint density at radius 1 is 1.00 bits per heavy atom. The maximum atomic E-state index is 13.2. The lowest BCUT2D eigenvalue weighted by atomic mass is 10.1. The molecule has 2 N–H and O–H groups in total. The Labute approximate surface area is 151 Å². The molecule has 2 aromatic heterocycles. The lowest BCUT2D eigenvalue weighted by molar-refractivity contribution is 0.202. The summed E-state index contributed by atoms with van der Waals surface area (Å²) in [6.07, 6.45) is 4.65. The molecule has 0 spiro atoms. The van der Waals surface area contributed by atoms with Crippen molar-refractivity contribution in [3.8, 4) is 17.1 Å². The Balaban J connectivity index is 2.06. The minimum absolute atomic E-state index is 0.111. The first-order valence-corrected chi connectivity index (χ1v) is 8.19. The molecule has 0 aliphatic rings. The van der Waals surface area contributed by atoms with E-state index in [0.717, 1.165) is 5.56 Å². The molecule has 0 aliphatic heterocycles. The molecule has 0 saturated heterocycles. The van der Waals surface area contributed by atoms with Gasteiger partial charge in [-0.15, -0.1) is 13.2 Å². The largest absolute Gasteiger partial charge is 0.472 e. The Morgan fingerprint density at radius 3 is 2.35 bits per heavy atom. The van der Waals surface area contributed by atoms with Crippen molar-refractivity contribution in [2.24, 2.45) is 0 Å². The van der Waals surface area contributed by atoms with E-state index in [1.54, 1.807) is 36.4 Å². The lowest BCUT2D eigenvalue weighted by Crippen LogP contribution is -2.16. The van der Waals surface area contributed by atoms with E-state index in [9.17, 15) is 4.39 Å². The van der Waals surface area contributed by atoms with Crippen LogP contribution in [0.4, 0.5) is 10.3 Å². The molecular formula is C20H19FN4O. The van der Waals surface area contributed by atoms with Gasteiger partial charge in [-0.2, -0.15) is 4.98 Å². The molecule has 0 aliphatic carbocycles. The van der Waals surface area contributed by atoms with Gasteiger partial charge >= 0.3 is 0 Å². The molecule has 0 saturated carbocycles. The monoisotopic (exact) mass is 350 g/mol. The third-order valence-electron chi connectivity index (χ3n) is 3.81. The smallest absolute Gasteiger partial charge is 0.245 e. The standard InChI is InChI=1S/C20H19FN4O/c1-3-5-15(6-4-2)26-19-18-17(24-20(22)25-19)12-11-16(23-18)13-7-9-14(21)10-8-13/h3-4,7-12,15H,1-2,5-6H2,(H2,22,24,25). The van der Waals surface area contributed by atoms with Gasteiger partial charge in [0.15, 0.2) is 5.52 Å². The number of pyridine rings is 1. The molecule has 0 atom stereocenters. The summed E-state index contributed by atoms with van der Waals surface area (Å²) in [5.74, 6) is 0.122. The summed E-state index contributed by atoms with van der Waals surface area (Å²) in [6, 6.07) is 9.71. The van der Waals surface area contributed by atoms with Crippen LogP contribution in [0, 0.1) is 5.82 Å². The van der Waals surface area contributed by atoms with Gasteiger partial charge in [-0.05, 0) is 36.4 Å². The zero-order chi connectivity index (χ0) is 18.5. The van der Waals surface area contributed by atoms with Crippen LogP contribution in [0.5, 0.6) is 5.88 Å². The second-order valence-corrected chi connectivity index (χ2v) is 5.75. The summed E-state index contributed by atoms with van der Waals surface area (Å²) >= 11 is 0. The first-order valence-electron chi connectivity index (χ1n) is 8.19. The topological polar surface area (TPSA) is 73.9 Å². The predicted octanol–water partition coefficient (Wildman–Crippen LogP) is 4.31. The van der Waals surface area contributed by atoms with E-state index in [1.807, 2.05) is 0 Å². The summed E-state index contributed by atoms with van der Waals surface area (Å²) < 4.78 is 19.2. The summed E-state index contributed by atoms with van der Waals surface area (Å²) in [4.78, 5) is 13.0. The molecular weight excluding hydrogens is 331 g/mol. The van der Waals surface area contributed by atoms with Gasteiger partial charge in [-0.25, -0.2) is 14.4 Å². The summed E-state index contributed by atoms with van der Waals surface area (Å²) in [5, 5.41) is 0. The SMILES string of the molecule is C=CCC(CC=C)Oc1nc(N)nc2ccc(-c3ccc(F)cc3)nc12. The molecule has 0 unspecified atom stereocenters. The number of nitrogens with two attached hydrogens (primary N) is 1. The van der Waals surface area contributed by atoms with Gasteiger partial charge in [-0.1, -0.05) is 12.2 Å². The first kappa shape index (κ1) is 17.5. The van der Waals surface area contributed by atoms with Gasteiger partial charge < -0.3 is 10.5 Å². The van der Waals surface area contributed by atoms with E-state index < -0.39 is 0 Å². The molecule has 5 nitrogen and oxygen atoms in total. The average Bonchev–Trinajstić information content (AvgIpc) is 2.62. The zero-order valence-electron chi connectivity index (χ0n) is 14.2. The third-order valence-corrected chi connectivity index (χ3v) is 3.81. The van der Waals surface area contributed by atoms with Crippen LogP contribution < -0.4 is 10.5 Å². The highest BCUT2D eigenvalue weighted by molar-refractivity contribution is 5.83. The highest BCUT2D eigenvalue weighted by Gasteiger charge is 2.15. The Bertz CT molecular complexity index is 930. The number of nitrogens with zero attached hydrogens (tertiary/aromatic N) is 3. The van der Waals surface area contributed by atoms with Crippen LogP contribution in [0.25, 0.3) is 22.3 Å². The fraction of sp³-hybridized carbons (Fsp3) is 0.150. The van der Waals surface area contributed by atoms with Crippen LogP contribution in [0.3, 0.4) is 0 Å². The number of benzene rings is 1. The lowest BCUT2D eigenvalue weighted by Gasteiger charge is -2.16. The van der Waals surface area contributed by atoms with Gasteiger partial charge in [0, 0.05) is 18.4 Å². The van der Waals surface area contributed by atoms with Crippen LogP contribution in [0.2, 0.25) is 0 Å². The number of ether oxygens (including phenoxy) is 1. The van der Waals surface area contributed by atoms with Crippen molar-refractivity contribution < 1.29 is 9.13 Å². The molecule has 1 aromatic carbocycles. The van der Waals surface area contributed by atoms with Crippen LogP contribution in [0.1, 0.15) is 12.8 Å². The molecule has 0 bridgehead atoms. The molecule has 3 aromatic rings. The molecule has 0 fully saturated rings. The normalized spacial score (nSPS) is 10.8. The molecule has 6 heteroatoms. The van der Waals surface area contributed by atoms with Crippen molar-refractivity contribution in [1.29, 1.82) is 0 Å². The molecule has 26 heavy (non-hydrogen) atoms. The van der Waals surface area contributed by atoms with Crippen LogP contribution in [0.15, 0.2) is 61.7 Å². The molecule has 0 radical (unpaired) electrons. The number of halogens is 1. The second kappa shape index (κ2) is 7.74. The fourth-order valence-corrected chi connectivity index (χ4v) is 2.59. The van der Waals surface area contributed by atoms with Crippen molar-refractivity contribution in [3.05, 3.63) is 67.5 Å². The van der Waals surface area contributed by atoms with Gasteiger partial charge in [0.1, 0.15) is 11.9 Å². The van der Waals surface area contributed by atoms with Crippen molar-refractivity contribution >= 4 is 17.0 Å². The molecule has 0 amide bonds. The summed E-state index contributed by atoms with van der Waals surface area (Å²) in [5.41, 5.74) is 8.33. The quantitative estimate of drug-likeness (QED) is 0.643. The number of aromatic nitrogens is 3. The molecule has 3 rings (SSSR count). The second-order valence-electron chi connectivity index (χ2n) is 5.75.